The normalized spacial score (nSPS) is 17.8. The smallest absolute Gasteiger partial charge is 0.312 e. The Balaban J connectivity index is 1.62. The molecular formula is C26H20O7. The number of rotatable bonds is 4. The van der Waals surface area contributed by atoms with Crippen molar-refractivity contribution in [2.75, 3.05) is 14.2 Å². The fraction of sp³-hybridized carbons (Fsp3) is 0.154. The van der Waals surface area contributed by atoms with Crippen LogP contribution >= 0.6 is 0 Å². The molecule has 2 heterocycles. The van der Waals surface area contributed by atoms with Gasteiger partial charge in [0.05, 0.1) is 26.2 Å². The number of fused-ring (bicyclic) bond motifs is 3. The average Bonchev–Trinajstić information content (AvgIpc) is 3.13. The predicted molar refractivity (Wildman–Crippen MR) is 119 cm³/mol. The second kappa shape index (κ2) is 8.02. The number of hydrogen-bond donors (Lipinski definition) is 1. The third kappa shape index (κ3) is 3.47. The molecule has 3 aromatic rings. The van der Waals surface area contributed by atoms with Crippen LogP contribution in [0, 0.1) is 0 Å². The molecule has 5 rings (SSSR count). The van der Waals surface area contributed by atoms with E-state index in [0.29, 0.717) is 39.7 Å². The Morgan fingerprint density at radius 1 is 1.00 bits per heavy atom. The molecule has 7 heteroatoms. The second-order valence-electron chi connectivity index (χ2n) is 7.70. The molecule has 1 atom stereocenters. The van der Waals surface area contributed by atoms with Crippen LogP contribution in [0.1, 0.15) is 39.4 Å². The van der Waals surface area contributed by atoms with Gasteiger partial charge in [0.1, 0.15) is 17.2 Å². The first kappa shape index (κ1) is 20.6. The Morgan fingerprint density at radius 3 is 2.58 bits per heavy atom. The minimum absolute atomic E-state index is 0.0627. The number of carbonyl (C=O) groups excluding carboxylic acids is 2. The zero-order valence-corrected chi connectivity index (χ0v) is 18.0. The van der Waals surface area contributed by atoms with Crippen molar-refractivity contribution in [2.24, 2.45) is 0 Å². The van der Waals surface area contributed by atoms with Gasteiger partial charge in [-0.1, -0.05) is 24.3 Å². The summed E-state index contributed by atoms with van der Waals surface area (Å²) in [6.45, 7) is 0. The number of ether oxygens (including phenoxy) is 4. The molecule has 0 bridgehead atoms. The van der Waals surface area contributed by atoms with Gasteiger partial charge in [-0.05, 0) is 42.0 Å². The fourth-order valence-corrected chi connectivity index (χ4v) is 4.30. The molecule has 33 heavy (non-hydrogen) atoms. The number of para-hydroxylation sites is 1. The summed E-state index contributed by atoms with van der Waals surface area (Å²) in [5.41, 5.74) is 2.33. The zero-order chi connectivity index (χ0) is 23.1. The highest BCUT2D eigenvalue weighted by atomic mass is 16.5. The van der Waals surface area contributed by atoms with E-state index in [0.717, 1.165) is 5.56 Å². The third-order valence-electron chi connectivity index (χ3n) is 5.77. The number of ketones is 1. The Hall–Kier alpha value is -4.26. The van der Waals surface area contributed by atoms with E-state index in [1.165, 1.54) is 14.2 Å². The van der Waals surface area contributed by atoms with Gasteiger partial charge in [0, 0.05) is 17.0 Å². The first-order chi connectivity index (χ1) is 16.0. The maximum Gasteiger partial charge on any atom is 0.312 e. The lowest BCUT2D eigenvalue weighted by Gasteiger charge is -2.26. The van der Waals surface area contributed by atoms with E-state index in [-0.39, 0.29) is 23.7 Å². The van der Waals surface area contributed by atoms with Crippen LogP contribution in [0.5, 0.6) is 28.7 Å². The topological polar surface area (TPSA) is 91.3 Å². The van der Waals surface area contributed by atoms with Crippen molar-refractivity contribution in [3.05, 3.63) is 82.6 Å². The van der Waals surface area contributed by atoms with Crippen molar-refractivity contribution in [3.8, 4) is 28.7 Å². The van der Waals surface area contributed by atoms with Gasteiger partial charge < -0.3 is 24.1 Å². The summed E-state index contributed by atoms with van der Waals surface area (Å²) in [6.07, 6.45) is 1.67. The van der Waals surface area contributed by atoms with Gasteiger partial charge in [-0.15, -0.1) is 0 Å². The predicted octanol–water partition coefficient (Wildman–Crippen LogP) is 4.47. The lowest BCUT2D eigenvalue weighted by Crippen LogP contribution is -2.21. The summed E-state index contributed by atoms with van der Waals surface area (Å²) in [5.74, 6) is 0.803. The lowest BCUT2D eigenvalue weighted by atomic mass is 9.84. The summed E-state index contributed by atoms with van der Waals surface area (Å²) >= 11 is 0. The van der Waals surface area contributed by atoms with Crippen LogP contribution in [0.4, 0.5) is 0 Å². The van der Waals surface area contributed by atoms with E-state index in [1.807, 2.05) is 6.07 Å². The van der Waals surface area contributed by atoms with Gasteiger partial charge in [-0.2, -0.15) is 0 Å². The van der Waals surface area contributed by atoms with Crippen LogP contribution in [-0.2, 0) is 4.79 Å². The Labute approximate surface area is 189 Å². The summed E-state index contributed by atoms with van der Waals surface area (Å²) < 4.78 is 22.3. The number of allylic oxidation sites excluding steroid dienone is 1. The molecule has 2 aliphatic heterocycles. The highest BCUT2D eigenvalue weighted by molar-refractivity contribution is 6.15. The van der Waals surface area contributed by atoms with Crippen LogP contribution in [0.15, 0.2) is 60.4 Å². The monoisotopic (exact) mass is 444 g/mol. The fourth-order valence-electron chi connectivity index (χ4n) is 4.30. The van der Waals surface area contributed by atoms with Crippen LogP contribution < -0.4 is 18.9 Å². The molecule has 0 radical (unpaired) electrons. The summed E-state index contributed by atoms with van der Waals surface area (Å²) in [7, 11) is 3.06. The summed E-state index contributed by atoms with van der Waals surface area (Å²) in [5, 5.41) is 9.96. The highest BCUT2D eigenvalue weighted by Crippen LogP contribution is 2.49. The molecular weight excluding hydrogens is 424 g/mol. The van der Waals surface area contributed by atoms with Crippen LogP contribution in [-0.4, -0.2) is 31.1 Å². The summed E-state index contributed by atoms with van der Waals surface area (Å²) in [6, 6.07) is 15.2. The summed E-state index contributed by atoms with van der Waals surface area (Å²) in [4.78, 5) is 25.5. The molecule has 0 saturated carbocycles. The van der Waals surface area contributed by atoms with E-state index in [4.69, 9.17) is 18.9 Å². The molecule has 1 unspecified atom stereocenters. The molecule has 0 aliphatic carbocycles. The van der Waals surface area contributed by atoms with Gasteiger partial charge in [0.25, 0.3) is 0 Å². The molecule has 0 fully saturated rings. The molecule has 0 amide bonds. The van der Waals surface area contributed by atoms with Crippen molar-refractivity contribution < 1.29 is 33.6 Å². The van der Waals surface area contributed by atoms with E-state index in [1.54, 1.807) is 54.6 Å². The maximum absolute atomic E-state index is 13.2. The van der Waals surface area contributed by atoms with Gasteiger partial charge in [0.2, 0.25) is 5.78 Å². The largest absolute Gasteiger partial charge is 0.508 e. The minimum atomic E-state index is -0.429. The maximum atomic E-state index is 13.2. The van der Waals surface area contributed by atoms with Crippen molar-refractivity contribution in [1.29, 1.82) is 0 Å². The molecule has 7 nitrogen and oxygen atoms in total. The van der Waals surface area contributed by atoms with Crippen molar-refractivity contribution in [1.82, 2.24) is 0 Å². The van der Waals surface area contributed by atoms with Gasteiger partial charge in [-0.3, -0.25) is 9.59 Å². The number of carbonyl (C=O) groups is 2. The first-order valence-electron chi connectivity index (χ1n) is 10.3. The average molecular weight is 444 g/mol. The van der Waals surface area contributed by atoms with Gasteiger partial charge in [-0.25, -0.2) is 0 Å². The van der Waals surface area contributed by atoms with E-state index in [2.05, 4.69) is 0 Å². The van der Waals surface area contributed by atoms with Crippen LogP contribution in [0.3, 0.4) is 0 Å². The molecule has 0 spiro atoms. The zero-order valence-electron chi connectivity index (χ0n) is 18.0. The van der Waals surface area contributed by atoms with Crippen LogP contribution in [0.2, 0.25) is 0 Å². The van der Waals surface area contributed by atoms with Crippen molar-refractivity contribution >= 4 is 17.8 Å². The Morgan fingerprint density at radius 2 is 1.82 bits per heavy atom. The third-order valence-corrected chi connectivity index (χ3v) is 5.77. The van der Waals surface area contributed by atoms with E-state index < -0.39 is 11.9 Å². The molecule has 166 valence electrons. The Kier molecular flexibility index (Phi) is 5.01. The van der Waals surface area contributed by atoms with Crippen molar-refractivity contribution in [2.45, 2.75) is 12.3 Å². The number of hydrogen-bond acceptors (Lipinski definition) is 7. The number of methoxy groups -OCH3 is 2. The Bertz CT molecular complexity index is 1320. The van der Waals surface area contributed by atoms with Gasteiger partial charge >= 0.3 is 5.97 Å². The van der Waals surface area contributed by atoms with Crippen LogP contribution in [0.25, 0.3) is 6.08 Å². The standard InChI is InChI=1S/C26H20O7/c1-30-20-8-4-6-15(25(20)31-2)12-21-24(29)17-9-10-19-23(26(17)33-21)18(13-22(28)32-19)14-5-3-7-16(27)11-14/h3-12,18,27H,13H2,1-2H3/b21-12-. The van der Waals surface area contributed by atoms with Crippen molar-refractivity contribution in [3.63, 3.8) is 0 Å². The molecule has 3 aromatic carbocycles. The number of benzene rings is 3. The lowest BCUT2D eigenvalue weighted by molar-refractivity contribution is -0.135. The number of phenols is 1. The second-order valence-corrected chi connectivity index (χ2v) is 7.70. The molecule has 2 aliphatic rings. The quantitative estimate of drug-likeness (QED) is 0.361. The molecule has 0 saturated heterocycles. The van der Waals surface area contributed by atoms with Gasteiger partial charge in [0.15, 0.2) is 17.3 Å². The number of Topliss-reactive ketones (excluding diaryl/α,β-unsaturated/α-hetero) is 1. The number of aromatic hydroxyl groups is 1. The number of phenolic OH excluding ortho intramolecular Hbond substituents is 1. The SMILES string of the molecule is COc1cccc(/C=C2\Oc3c(ccc4c3C(c3cccc(O)c3)CC(=O)O4)C2=O)c1OC. The number of esters is 1. The molecule has 1 N–H and O–H groups in total. The van der Waals surface area contributed by atoms with E-state index in [9.17, 15) is 14.7 Å². The van der Waals surface area contributed by atoms with E-state index >= 15 is 0 Å². The minimum Gasteiger partial charge on any atom is -0.508 e. The highest BCUT2D eigenvalue weighted by Gasteiger charge is 2.38. The first-order valence-corrected chi connectivity index (χ1v) is 10.3. The molecule has 0 aromatic heterocycles.